The van der Waals surface area contributed by atoms with Crippen LogP contribution in [0, 0.1) is 11.3 Å². The van der Waals surface area contributed by atoms with Crippen molar-refractivity contribution in [1.82, 2.24) is 10.0 Å². The first-order chi connectivity index (χ1) is 26.8. The largest absolute Gasteiger partial charge is 0.459 e. The molecule has 55 heavy (non-hydrogen) atoms. The van der Waals surface area contributed by atoms with E-state index in [4.69, 9.17) is 18.9 Å². The van der Waals surface area contributed by atoms with Crippen LogP contribution in [-0.2, 0) is 55.0 Å². The highest BCUT2D eigenvalue weighted by molar-refractivity contribution is 6.09. The van der Waals surface area contributed by atoms with Gasteiger partial charge in [-0.15, -0.1) is 0 Å². The number of ether oxygens (including phenoxy) is 4. The highest BCUT2D eigenvalue weighted by atomic mass is 16.6. The molecule has 0 saturated carbocycles. The molecule has 1 aliphatic heterocycles. The Balaban J connectivity index is 1.46. The molecule has 5 aromatic carbocycles. The molecule has 11 heteroatoms. The second-order valence-corrected chi connectivity index (χ2v) is 12.7. The molecule has 0 aromatic heterocycles. The molecule has 0 aliphatic carbocycles. The number of rotatable bonds is 12. The first kappa shape index (κ1) is 37.6. The summed E-state index contributed by atoms with van der Waals surface area (Å²) in [5.41, 5.74) is 0.932. The van der Waals surface area contributed by atoms with Gasteiger partial charge in [-0.2, -0.15) is 10.3 Å². The molecule has 5 aromatic rings. The number of benzene rings is 5. The van der Waals surface area contributed by atoms with E-state index in [1.165, 1.54) is 0 Å². The van der Waals surface area contributed by atoms with Gasteiger partial charge in [0.25, 0.3) is 5.54 Å². The number of hydrazine groups is 1. The predicted octanol–water partition coefficient (Wildman–Crippen LogP) is 7.76. The lowest BCUT2D eigenvalue weighted by atomic mass is 9.88. The highest BCUT2D eigenvalue weighted by Gasteiger charge is 2.68. The summed E-state index contributed by atoms with van der Waals surface area (Å²) < 4.78 is 23.2. The molecule has 1 fully saturated rings. The lowest BCUT2D eigenvalue weighted by molar-refractivity contribution is -0.179. The van der Waals surface area contributed by atoms with Crippen LogP contribution < -0.4 is 0 Å². The number of carbonyl (C=O) groups is 4. The van der Waals surface area contributed by atoms with Crippen molar-refractivity contribution in [3.8, 4) is 6.07 Å². The third kappa shape index (κ3) is 8.72. The van der Waals surface area contributed by atoms with E-state index in [0.29, 0.717) is 38.4 Å². The Morgan fingerprint density at radius 3 is 1.36 bits per heavy atom. The summed E-state index contributed by atoms with van der Waals surface area (Å²) in [6.07, 6.45) is -2.83. The molecular weight excluding hydrogens is 698 g/mol. The second-order valence-electron chi connectivity index (χ2n) is 12.7. The average molecular weight is 736 g/mol. The number of amides is 2. The summed E-state index contributed by atoms with van der Waals surface area (Å²) in [5, 5.41) is 11.0. The molecule has 11 nitrogen and oxygen atoms in total. The summed E-state index contributed by atoms with van der Waals surface area (Å²) in [5.74, 6) is -2.33. The van der Waals surface area contributed by atoms with Crippen molar-refractivity contribution in [3.05, 3.63) is 186 Å². The van der Waals surface area contributed by atoms with E-state index >= 15 is 0 Å². The van der Waals surface area contributed by atoms with E-state index in [-0.39, 0.29) is 32.0 Å². The van der Waals surface area contributed by atoms with Gasteiger partial charge in [0.1, 0.15) is 26.4 Å². The fraction of sp³-hybridized carbons (Fsp3) is 0.159. The third-order valence-corrected chi connectivity index (χ3v) is 9.02. The van der Waals surface area contributed by atoms with Crippen molar-refractivity contribution < 1.29 is 38.1 Å². The molecule has 0 N–H and O–H groups in total. The lowest BCUT2D eigenvalue weighted by Crippen LogP contribution is -2.64. The van der Waals surface area contributed by atoms with E-state index in [1.807, 2.05) is 6.07 Å². The average Bonchev–Trinajstić information content (AvgIpc) is 3.62. The van der Waals surface area contributed by atoms with Gasteiger partial charge in [-0.05, 0) is 45.5 Å². The van der Waals surface area contributed by atoms with Crippen molar-refractivity contribution in [2.75, 3.05) is 0 Å². The van der Waals surface area contributed by atoms with Gasteiger partial charge in [-0.3, -0.25) is 0 Å². The Kier molecular flexibility index (Phi) is 12.0. The molecule has 1 aliphatic rings. The van der Waals surface area contributed by atoms with Gasteiger partial charge < -0.3 is 18.9 Å². The molecule has 0 bridgehead atoms. The Morgan fingerprint density at radius 1 is 0.582 bits per heavy atom. The van der Waals surface area contributed by atoms with Gasteiger partial charge in [-0.25, -0.2) is 24.2 Å². The Hall–Kier alpha value is -7.19. The van der Waals surface area contributed by atoms with Crippen LogP contribution in [0.5, 0.6) is 0 Å². The van der Waals surface area contributed by atoms with Gasteiger partial charge in [0.15, 0.2) is 0 Å². The number of hydrogen-bond acceptors (Lipinski definition) is 9. The fourth-order valence-corrected chi connectivity index (χ4v) is 6.12. The van der Waals surface area contributed by atoms with Crippen LogP contribution in [0.15, 0.2) is 152 Å². The van der Waals surface area contributed by atoms with Crippen LogP contribution in [-0.4, -0.2) is 45.7 Å². The topological polar surface area (TPSA) is 135 Å². The monoisotopic (exact) mass is 735 g/mol. The Labute approximate surface area is 318 Å². The van der Waals surface area contributed by atoms with Gasteiger partial charge >= 0.3 is 24.1 Å². The summed E-state index contributed by atoms with van der Waals surface area (Å²) in [4.78, 5) is 58.4. The minimum atomic E-state index is -2.61. The zero-order valence-electron chi connectivity index (χ0n) is 29.8. The van der Waals surface area contributed by atoms with Crippen molar-refractivity contribution in [1.29, 1.82) is 5.26 Å². The molecule has 6 rings (SSSR count). The van der Waals surface area contributed by atoms with E-state index in [9.17, 15) is 24.4 Å². The minimum Gasteiger partial charge on any atom is -0.459 e. The van der Waals surface area contributed by atoms with Gasteiger partial charge in [0.2, 0.25) is 0 Å². The normalized spacial score (nSPS) is 14.3. The number of nitrogens with zero attached hydrogens (tertiary/aromatic N) is 3. The predicted molar refractivity (Wildman–Crippen MR) is 201 cm³/mol. The Bertz CT molecular complexity index is 2100. The zero-order chi connectivity index (χ0) is 38.6. The van der Waals surface area contributed by atoms with Crippen LogP contribution in [0.2, 0.25) is 0 Å². The molecule has 1 atom stereocenters. The summed E-state index contributed by atoms with van der Waals surface area (Å²) >= 11 is 0. The Morgan fingerprint density at radius 2 is 0.964 bits per heavy atom. The zero-order valence-corrected chi connectivity index (χ0v) is 29.8. The molecule has 2 amide bonds. The maximum absolute atomic E-state index is 14.7. The number of hydrogen-bond donors (Lipinski definition) is 0. The lowest BCUT2D eigenvalue weighted by Gasteiger charge is -2.36. The van der Waals surface area contributed by atoms with Gasteiger partial charge in [0, 0.05) is 6.42 Å². The molecule has 0 unspecified atom stereocenters. The van der Waals surface area contributed by atoms with Crippen LogP contribution in [0.3, 0.4) is 0 Å². The minimum absolute atomic E-state index is 0.205. The summed E-state index contributed by atoms with van der Waals surface area (Å²) in [6.45, 7) is 3.26. The number of esters is 2. The van der Waals surface area contributed by atoms with E-state index in [0.717, 1.165) is 5.01 Å². The van der Waals surface area contributed by atoms with Crippen LogP contribution in [0.4, 0.5) is 9.59 Å². The molecule has 0 radical (unpaired) electrons. The third-order valence-electron chi connectivity index (χ3n) is 9.02. The van der Waals surface area contributed by atoms with Crippen molar-refractivity contribution in [2.24, 2.45) is 0 Å². The standard InChI is InChI=1S/C44H37N3O8/c1-32(38-24-22-33(27-45)23-25-38)39-26-44(40(48)52-28-34-14-6-2-7-15-34,41(49)53-29-35-16-8-3-9-17-35)47(43(51)55-31-37-20-12-5-13-21-37)46(39)42(50)54-30-36-18-10-4-11-19-36/h2-25,39H,1,26,28-31H2/t39-/m1/s1. The smallest absolute Gasteiger partial charge is 0.431 e. The van der Waals surface area contributed by atoms with Crippen LogP contribution >= 0.6 is 0 Å². The first-order valence-corrected chi connectivity index (χ1v) is 17.4. The molecule has 1 saturated heterocycles. The van der Waals surface area contributed by atoms with Crippen molar-refractivity contribution in [3.63, 3.8) is 0 Å². The van der Waals surface area contributed by atoms with Crippen LogP contribution in [0.25, 0.3) is 5.57 Å². The molecule has 276 valence electrons. The maximum atomic E-state index is 14.7. The summed E-state index contributed by atoms with van der Waals surface area (Å²) in [7, 11) is 0. The SMILES string of the molecule is C=C(c1ccc(C#N)cc1)[C@H]1CC(C(=O)OCc2ccccc2)(C(=O)OCc2ccccc2)N(C(=O)OCc2ccccc2)N1C(=O)OCc1ccccc1. The van der Waals surface area contributed by atoms with Crippen LogP contribution in [0.1, 0.15) is 39.8 Å². The maximum Gasteiger partial charge on any atom is 0.431 e. The quantitative estimate of drug-likeness (QED) is 0.0716. The fourth-order valence-electron chi connectivity index (χ4n) is 6.12. The molecule has 1 heterocycles. The number of carbonyl (C=O) groups excluding carboxylic acids is 4. The first-order valence-electron chi connectivity index (χ1n) is 17.4. The van der Waals surface area contributed by atoms with Gasteiger partial charge in [0.05, 0.1) is 17.7 Å². The molecular formula is C44H37N3O8. The number of nitriles is 1. The summed E-state index contributed by atoms with van der Waals surface area (Å²) in [6, 6.07) is 42.4. The van der Waals surface area contributed by atoms with Crippen molar-refractivity contribution in [2.45, 2.75) is 44.4 Å². The van der Waals surface area contributed by atoms with E-state index < -0.39 is 42.1 Å². The van der Waals surface area contributed by atoms with E-state index in [1.54, 1.807) is 140 Å². The highest BCUT2D eigenvalue weighted by Crippen LogP contribution is 2.43. The molecule has 0 spiro atoms. The van der Waals surface area contributed by atoms with Crippen molar-refractivity contribution >= 4 is 29.7 Å². The van der Waals surface area contributed by atoms with E-state index in [2.05, 4.69) is 12.6 Å². The second kappa shape index (κ2) is 17.6. The van der Waals surface area contributed by atoms with Gasteiger partial charge in [-0.1, -0.05) is 140 Å².